The van der Waals surface area contributed by atoms with E-state index < -0.39 is 18.6 Å². The molecule has 0 bridgehead atoms. The third-order valence-electron chi connectivity index (χ3n) is 2.97. The van der Waals surface area contributed by atoms with Crippen LogP contribution in [0.3, 0.4) is 0 Å². The number of nitrogens with two attached hydrogens (primary N) is 1. The van der Waals surface area contributed by atoms with E-state index in [1.54, 1.807) is 12.1 Å². The Labute approximate surface area is 115 Å². The predicted molar refractivity (Wildman–Crippen MR) is 70.6 cm³/mol. The summed E-state index contributed by atoms with van der Waals surface area (Å²) in [6.45, 7) is 2.01. The molecule has 0 spiro atoms. The zero-order valence-electron chi connectivity index (χ0n) is 11.2. The summed E-state index contributed by atoms with van der Waals surface area (Å²) in [6.07, 6.45) is -2.84. The zero-order chi connectivity index (χ0) is 14.8. The lowest BCUT2D eigenvalue weighted by Crippen LogP contribution is -2.24. The molecule has 1 fully saturated rings. The number of alkyl halides is 3. The van der Waals surface area contributed by atoms with E-state index in [4.69, 9.17) is 10.5 Å². The highest BCUT2D eigenvalue weighted by Gasteiger charge is 2.30. The number of nitrogens with zero attached hydrogens (tertiary/aromatic N) is 1. The van der Waals surface area contributed by atoms with Gasteiger partial charge in [-0.3, -0.25) is 0 Å². The van der Waals surface area contributed by atoms with Crippen LogP contribution in [0.2, 0.25) is 0 Å². The van der Waals surface area contributed by atoms with Gasteiger partial charge in [-0.05, 0) is 37.8 Å². The second kappa shape index (κ2) is 5.76. The van der Waals surface area contributed by atoms with Crippen molar-refractivity contribution >= 4 is 11.5 Å². The van der Waals surface area contributed by atoms with Crippen LogP contribution in [0.15, 0.2) is 12.1 Å². The molecule has 1 aromatic heterocycles. The number of hydrogen-bond acceptors (Lipinski definition) is 4. The summed E-state index contributed by atoms with van der Waals surface area (Å²) in [5.74, 6) is 1.17. The molecule has 0 saturated heterocycles. The van der Waals surface area contributed by atoms with Crippen molar-refractivity contribution in [3.8, 4) is 5.88 Å². The predicted octanol–water partition coefficient (Wildman–Crippen LogP) is 3.21. The first kappa shape index (κ1) is 14.7. The first-order chi connectivity index (χ1) is 9.33. The standard InChI is InChI=1S/C13H18F3N3O/c1-8(6-13(14,15)16)18-11-5-4-10(17)12(19-11)20-7-9-2-3-9/h4-5,8-9H,2-3,6-7,17H2,1H3,(H,18,19). The molecule has 1 unspecified atom stereocenters. The molecular formula is C13H18F3N3O. The Morgan fingerprint density at radius 1 is 1.45 bits per heavy atom. The molecule has 20 heavy (non-hydrogen) atoms. The van der Waals surface area contributed by atoms with E-state index in [1.165, 1.54) is 6.92 Å². The topological polar surface area (TPSA) is 60.2 Å². The maximum absolute atomic E-state index is 12.3. The minimum absolute atomic E-state index is 0.279. The van der Waals surface area contributed by atoms with E-state index in [0.29, 0.717) is 24.0 Å². The van der Waals surface area contributed by atoms with E-state index in [-0.39, 0.29) is 5.88 Å². The van der Waals surface area contributed by atoms with E-state index in [0.717, 1.165) is 12.8 Å². The number of pyridine rings is 1. The third-order valence-corrected chi connectivity index (χ3v) is 2.97. The molecule has 1 aliphatic rings. The molecular weight excluding hydrogens is 271 g/mol. The maximum atomic E-state index is 12.3. The Hall–Kier alpha value is -1.66. The van der Waals surface area contributed by atoms with Crippen molar-refractivity contribution in [1.82, 2.24) is 4.98 Å². The van der Waals surface area contributed by atoms with Gasteiger partial charge in [0.1, 0.15) is 5.82 Å². The summed E-state index contributed by atoms with van der Waals surface area (Å²) in [5.41, 5.74) is 6.12. The van der Waals surface area contributed by atoms with Crippen molar-refractivity contribution in [2.75, 3.05) is 17.7 Å². The monoisotopic (exact) mass is 289 g/mol. The molecule has 0 amide bonds. The highest BCUT2D eigenvalue weighted by atomic mass is 19.4. The lowest BCUT2D eigenvalue weighted by atomic mass is 10.2. The number of hydrogen-bond donors (Lipinski definition) is 2. The van der Waals surface area contributed by atoms with Gasteiger partial charge >= 0.3 is 6.18 Å². The molecule has 0 aromatic carbocycles. The lowest BCUT2D eigenvalue weighted by Gasteiger charge is -2.17. The van der Waals surface area contributed by atoms with Crippen LogP contribution in [-0.4, -0.2) is 23.8 Å². The largest absolute Gasteiger partial charge is 0.476 e. The van der Waals surface area contributed by atoms with Gasteiger partial charge in [0.2, 0.25) is 5.88 Å². The zero-order valence-corrected chi connectivity index (χ0v) is 11.2. The summed E-state index contributed by atoms with van der Waals surface area (Å²) in [4.78, 5) is 4.12. The van der Waals surface area contributed by atoms with Gasteiger partial charge in [-0.25, -0.2) is 0 Å². The molecule has 7 heteroatoms. The van der Waals surface area contributed by atoms with Crippen molar-refractivity contribution < 1.29 is 17.9 Å². The van der Waals surface area contributed by atoms with Crippen LogP contribution >= 0.6 is 0 Å². The van der Waals surface area contributed by atoms with Gasteiger partial charge in [0.25, 0.3) is 0 Å². The number of rotatable bonds is 6. The van der Waals surface area contributed by atoms with Crippen molar-refractivity contribution in [2.24, 2.45) is 5.92 Å². The van der Waals surface area contributed by atoms with Crippen molar-refractivity contribution in [3.63, 3.8) is 0 Å². The molecule has 0 radical (unpaired) electrons. The molecule has 2 rings (SSSR count). The van der Waals surface area contributed by atoms with Crippen LogP contribution in [0.1, 0.15) is 26.2 Å². The Bertz CT molecular complexity index is 461. The molecule has 0 aliphatic heterocycles. The van der Waals surface area contributed by atoms with Crippen LogP contribution in [0, 0.1) is 5.92 Å². The highest BCUT2D eigenvalue weighted by molar-refractivity contribution is 5.53. The average molecular weight is 289 g/mol. The summed E-state index contributed by atoms with van der Waals surface area (Å²) in [7, 11) is 0. The van der Waals surface area contributed by atoms with E-state index in [1.807, 2.05) is 0 Å². The van der Waals surface area contributed by atoms with E-state index in [2.05, 4.69) is 10.3 Å². The molecule has 3 N–H and O–H groups in total. The number of nitrogen functional groups attached to an aromatic ring is 1. The molecule has 112 valence electrons. The first-order valence-corrected chi connectivity index (χ1v) is 6.56. The summed E-state index contributed by atoms with van der Waals surface area (Å²) >= 11 is 0. The number of halogens is 3. The quantitative estimate of drug-likeness (QED) is 0.844. The minimum Gasteiger partial charge on any atom is -0.476 e. The second-order valence-electron chi connectivity index (χ2n) is 5.21. The van der Waals surface area contributed by atoms with Crippen LogP contribution < -0.4 is 15.8 Å². The molecule has 1 heterocycles. The van der Waals surface area contributed by atoms with Gasteiger partial charge in [-0.15, -0.1) is 0 Å². The fourth-order valence-electron chi connectivity index (χ4n) is 1.78. The molecule has 1 aromatic rings. The van der Waals surface area contributed by atoms with Gasteiger partial charge in [-0.2, -0.15) is 18.2 Å². The van der Waals surface area contributed by atoms with Crippen LogP contribution in [0.25, 0.3) is 0 Å². The van der Waals surface area contributed by atoms with E-state index in [9.17, 15) is 13.2 Å². The molecule has 4 nitrogen and oxygen atoms in total. The Balaban J connectivity index is 1.95. The van der Waals surface area contributed by atoms with Crippen LogP contribution in [0.4, 0.5) is 24.7 Å². The summed E-state index contributed by atoms with van der Waals surface area (Å²) in [5, 5.41) is 2.70. The van der Waals surface area contributed by atoms with Crippen LogP contribution in [-0.2, 0) is 0 Å². The molecule has 1 aliphatic carbocycles. The smallest absolute Gasteiger partial charge is 0.391 e. The lowest BCUT2D eigenvalue weighted by molar-refractivity contribution is -0.136. The third kappa shape index (κ3) is 4.79. The number of nitrogens with one attached hydrogen (secondary N) is 1. The van der Waals surface area contributed by atoms with Gasteiger partial charge < -0.3 is 15.8 Å². The van der Waals surface area contributed by atoms with E-state index >= 15 is 0 Å². The number of aromatic nitrogens is 1. The SMILES string of the molecule is CC(CC(F)(F)F)Nc1ccc(N)c(OCC2CC2)n1. The summed E-state index contributed by atoms with van der Waals surface area (Å²) in [6, 6.07) is 2.37. The van der Waals surface area contributed by atoms with Gasteiger partial charge in [-0.1, -0.05) is 0 Å². The Morgan fingerprint density at radius 3 is 2.75 bits per heavy atom. The van der Waals surface area contributed by atoms with Crippen LogP contribution in [0.5, 0.6) is 5.88 Å². The second-order valence-corrected chi connectivity index (χ2v) is 5.21. The molecule has 1 atom stereocenters. The van der Waals surface area contributed by atoms with Crippen molar-refractivity contribution in [2.45, 2.75) is 38.4 Å². The van der Waals surface area contributed by atoms with Gasteiger partial charge in [0, 0.05) is 6.04 Å². The van der Waals surface area contributed by atoms with Gasteiger partial charge in [0.15, 0.2) is 0 Å². The van der Waals surface area contributed by atoms with Crippen molar-refractivity contribution in [1.29, 1.82) is 0 Å². The fraction of sp³-hybridized carbons (Fsp3) is 0.615. The number of ether oxygens (including phenoxy) is 1. The Morgan fingerprint density at radius 2 is 2.15 bits per heavy atom. The van der Waals surface area contributed by atoms with Crippen molar-refractivity contribution in [3.05, 3.63) is 12.1 Å². The summed E-state index contributed by atoms with van der Waals surface area (Å²) < 4.78 is 42.3. The fourth-order valence-corrected chi connectivity index (χ4v) is 1.78. The van der Waals surface area contributed by atoms with Gasteiger partial charge in [0.05, 0.1) is 18.7 Å². The Kier molecular flexibility index (Phi) is 4.25. The number of anilines is 2. The highest BCUT2D eigenvalue weighted by Crippen LogP contribution is 2.31. The molecule has 1 saturated carbocycles. The maximum Gasteiger partial charge on any atom is 0.391 e. The average Bonchev–Trinajstić information content (AvgIpc) is 3.11. The normalized spacial score (nSPS) is 16.8. The first-order valence-electron chi connectivity index (χ1n) is 6.56. The minimum atomic E-state index is -4.20.